The van der Waals surface area contributed by atoms with Gasteiger partial charge in [0.1, 0.15) is 11.5 Å². The molecular weight excluding hydrogens is 374 g/mol. The third-order valence-electron chi connectivity index (χ3n) is 5.02. The predicted octanol–water partition coefficient (Wildman–Crippen LogP) is 5.30. The quantitative estimate of drug-likeness (QED) is 0.469. The van der Waals surface area contributed by atoms with Crippen molar-refractivity contribution >= 4 is 28.3 Å². The second-order valence-electron chi connectivity index (χ2n) is 6.94. The van der Waals surface area contributed by atoms with Gasteiger partial charge in [-0.15, -0.1) is 11.3 Å². The summed E-state index contributed by atoms with van der Waals surface area (Å²) < 4.78 is 11.0. The summed E-state index contributed by atoms with van der Waals surface area (Å²) >= 11 is 1.64. The van der Waals surface area contributed by atoms with Gasteiger partial charge in [0.15, 0.2) is 0 Å². The minimum atomic E-state index is -0.0984. The number of rotatable bonds is 4. The third-order valence-corrected chi connectivity index (χ3v) is 6.06. The van der Waals surface area contributed by atoms with Crippen LogP contribution in [0.15, 0.2) is 38.6 Å². The topological polar surface area (TPSA) is 72.4 Å². The average Bonchev–Trinajstić information content (AvgIpc) is 3.40. The second-order valence-corrected chi connectivity index (χ2v) is 7.92. The molecule has 0 aromatic carbocycles. The van der Waals surface area contributed by atoms with Crippen molar-refractivity contribution in [3.05, 3.63) is 57.3 Å². The van der Waals surface area contributed by atoms with Crippen LogP contribution in [0.3, 0.4) is 0 Å². The van der Waals surface area contributed by atoms with Gasteiger partial charge in [-0.05, 0) is 51.3 Å². The van der Waals surface area contributed by atoms with Crippen LogP contribution >= 0.6 is 11.3 Å². The van der Waals surface area contributed by atoms with Gasteiger partial charge in [-0.1, -0.05) is 11.2 Å². The van der Waals surface area contributed by atoms with Gasteiger partial charge in [0.25, 0.3) is 11.6 Å². The lowest BCUT2D eigenvalue weighted by Crippen LogP contribution is -2.29. The molecule has 0 saturated carbocycles. The van der Waals surface area contributed by atoms with Gasteiger partial charge in [-0.2, -0.15) is 0 Å². The zero-order valence-electron chi connectivity index (χ0n) is 16.4. The molecule has 4 rings (SSSR count). The first-order valence-corrected chi connectivity index (χ1v) is 9.89. The summed E-state index contributed by atoms with van der Waals surface area (Å²) in [5.74, 6) is 1.44. The van der Waals surface area contributed by atoms with Crippen molar-refractivity contribution in [2.75, 3.05) is 7.05 Å². The summed E-state index contributed by atoms with van der Waals surface area (Å²) in [6.07, 6.45) is 0. The SMILES string of the molecule is Cc1cc(-c2cc(C(=O)N(C)C(C)c3cccs3)c3c(C)noc3n2)c(C)o1. The molecule has 28 heavy (non-hydrogen) atoms. The number of carbonyl (C=O) groups excluding carboxylic acids is 1. The van der Waals surface area contributed by atoms with Gasteiger partial charge in [0.05, 0.1) is 28.4 Å². The molecule has 0 bridgehead atoms. The second kappa shape index (κ2) is 6.91. The van der Waals surface area contributed by atoms with E-state index in [9.17, 15) is 4.79 Å². The van der Waals surface area contributed by atoms with Crippen molar-refractivity contribution in [3.63, 3.8) is 0 Å². The summed E-state index contributed by atoms with van der Waals surface area (Å²) in [6, 6.07) is 7.71. The number of carbonyl (C=O) groups is 1. The minimum Gasteiger partial charge on any atom is -0.466 e. The van der Waals surface area contributed by atoms with E-state index in [1.165, 1.54) is 0 Å². The van der Waals surface area contributed by atoms with Crippen molar-refractivity contribution in [1.82, 2.24) is 15.0 Å². The van der Waals surface area contributed by atoms with E-state index in [1.807, 2.05) is 64.4 Å². The van der Waals surface area contributed by atoms with Crippen molar-refractivity contribution in [1.29, 1.82) is 0 Å². The first-order valence-electron chi connectivity index (χ1n) is 9.01. The van der Waals surface area contributed by atoms with E-state index in [1.54, 1.807) is 16.2 Å². The molecular formula is C21H21N3O3S. The molecule has 0 saturated heterocycles. The Kier molecular flexibility index (Phi) is 4.55. The lowest BCUT2D eigenvalue weighted by molar-refractivity contribution is 0.0747. The Morgan fingerprint density at radius 2 is 2.04 bits per heavy atom. The van der Waals surface area contributed by atoms with Crippen LogP contribution in [0.25, 0.3) is 22.4 Å². The molecule has 0 fully saturated rings. The van der Waals surface area contributed by atoms with E-state index in [2.05, 4.69) is 10.1 Å². The molecule has 4 aromatic heterocycles. The first kappa shape index (κ1) is 18.4. The Bertz CT molecular complexity index is 1160. The molecule has 0 aliphatic carbocycles. The molecule has 1 amide bonds. The standard InChI is InChI=1S/C21H21N3O3S/c1-11-9-15(14(4)26-11)17-10-16(19-12(2)23-27-20(19)22-17)21(25)24(5)13(3)18-7-6-8-28-18/h6-10,13H,1-5H3. The lowest BCUT2D eigenvalue weighted by atomic mass is 10.0. The van der Waals surface area contributed by atoms with Gasteiger partial charge in [0, 0.05) is 17.5 Å². The highest BCUT2D eigenvalue weighted by Crippen LogP contribution is 2.32. The fourth-order valence-electron chi connectivity index (χ4n) is 3.37. The molecule has 4 aromatic rings. The maximum absolute atomic E-state index is 13.4. The summed E-state index contributed by atoms with van der Waals surface area (Å²) in [4.78, 5) is 20.9. The number of furan rings is 1. The highest BCUT2D eigenvalue weighted by molar-refractivity contribution is 7.10. The van der Waals surface area contributed by atoms with Crippen molar-refractivity contribution in [3.8, 4) is 11.3 Å². The van der Waals surface area contributed by atoms with Crippen molar-refractivity contribution in [2.24, 2.45) is 0 Å². The molecule has 1 atom stereocenters. The van der Waals surface area contributed by atoms with E-state index in [0.29, 0.717) is 28.1 Å². The molecule has 0 N–H and O–H groups in total. The maximum atomic E-state index is 13.4. The molecule has 0 aliphatic rings. The number of aryl methyl sites for hydroxylation is 3. The lowest BCUT2D eigenvalue weighted by Gasteiger charge is -2.24. The number of hydrogen-bond donors (Lipinski definition) is 0. The number of thiophene rings is 1. The van der Waals surface area contributed by atoms with Gasteiger partial charge < -0.3 is 13.8 Å². The molecule has 0 radical (unpaired) electrons. The smallest absolute Gasteiger partial charge is 0.259 e. The fourth-order valence-corrected chi connectivity index (χ4v) is 4.20. The predicted molar refractivity (Wildman–Crippen MR) is 109 cm³/mol. The number of pyridine rings is 1. The molecule has 0 spiro atoms. The first-order chi connectivity index (χ1) is 13.4. The molecule has 144 valence electrons. The zero-order valence-corrected chi connectivity index (χ0v) is 17.3. The molecule has 4 heterocycles. The Labute approximate surface area is 166 Å². The number of fused-ring (bicyclic) bond motifs is 1. The summed E-state index contributed by atoms with van der Waals surface area (Å²) in [5, 5.41) is 6.69. The fraction of sp³-hybridized carbons (Fsp3) is 0.286. The Morgan fingerprint density at radius 1 is 1.25 bits per heavy atom. The minimum absolute atomic E-state index is 0.0442. The monoisotopic (exact) mass is 395 g/mol. The van der Waals surface area contributed by atoms with Gasteiger partial charge in [0.2, 0.25) is 0 Å². The molecule has 7 heteroatoms. The highest BCUT2D eigenvalue weighted by atomic mass is 32.1. The number of nitrogens with zero attached hydrogens (tertiary/aromatic N) is 3. The Balaban J connectivity index is 1.84. The van der Waals surface area contributed by atoms with E-state index in [-0.39, 0.29) is 11.9 Å². The van der Waals surface area contributed by atoms with E-state index < -0.39 is 0 Å². The number of hydrogen-bond acceptors (Lipinski definition) is 6. The average molecular weight is 395 g/mol. The van der Waals surface area contributed by atoms with E-state index in [4.69, 9.17) is 8.94 Å². The maximum Gasteiger partial charge on any atom is 0.259 e. The van der Waals surface area contributed by atoms with Crippen LogP contribution < -0.4 is 0 Å². The Morgan fingerprint density at radius 3 is 2.68 bits per heavy atom. The number of aromatic nitrogens is 2. The van der Waals surface area contributed by atoms with Crippen LogP contribution in [0.5, 0.6) is 0 Å². The Hall–Kier alpha value is -2.93. The summed E-state index contributed by atoms with van der Waals surface area (Å²) in [6.45, 7) is 7.61. The van der Waals surface area contributed by atoms with E-state index >= 15 is 0 Å². The van der Waals surface area contributed by atoms with Gasteiger partial charge >= 0.3 is 0 Å². The van der Waals surface area contributed by atoms with Crippen LogP contribution in [0.2, 0.25) is 0 Å². The molecule has 0 aliphatic heterocycles. The van der Waals surface area contributed by atoms with E-state index in [0.717, 1.165) is 22.0 Å². The van der Waals surface area contributed by atoms with Crippen LogP contribution in [0, 0.1) is 20.8 Å². The van der Waals surface area contributed by atoms with Crippen LogP contribution in [-0.2, 0) is 0 Å². The van der Waals surface area contributed by atoms with Gasteiger partial charge in [-0.3, -0.25) is 4.79 Å². The van der Waals surface area contributed by atoms with Crippen LogP contribution in [0.1, 0.15) is 45.4 Å². The molecule has 1 unspecified atom stereocenters. The van der Waals surface area contributed by atoms with Crippen LogP contribution in [-0.4, -0.2) is 28.0 Å². The summed E-state index contributed by atoms with van der Waals surface area (Å²) in [7, 11) is 1.81. The van der Waals surface area contributed by atoms with Crippen LogP contribution in [0.4, 0.5) is 0 Å². The zero-order chi connectivity index (χ0) is 20.0. The molecule has 6 nitrogen and oxygen atoms in total. The van der Waals surface area contributed by atoms with Crippen molar-refractivity contribution < 1.29 is 13.7 Å². The van der Waals surface area contributed by atoms with Gasteiger partial charge in [-0.25, -0.2) is 4.98 Å². The largest absolute Gasteiger partial charge is 0.466 e. The summed E-state index contributed by atoms with van der Waals surface area (Å²) in [5.41, 5.74) is 3.02. The highest BCUT2D eigenvalue weighted by Gasteiger charge is 2.26. The van der Waals surface area contributed by atoms with Crippen molar-refractivity contribution in [2.45, 2.75) is 33.7 Å². The normalized spacial score (nSPS) is 12.5. The number of amides is 1. The third kappa shape index (κ3) is 3.01.